The number of nitro groups is 1. The van der Waals surface area contributed by atoms with E-state index < -0.39 is 23.5 Å². The van der Waals surface area contributed by atoms with Crippen LogP contribution in [0.5, 0.6) is 0 Å². The summed E-state index contributed by atoms with van der Waals surface area (Å²) in [4.78, 5) is 27.0. The molecule has 2 fully saturated rings. The quantitative estimate of drug-likeness (QED) is 0.472. The molecule has 0 spiro atoms. The lowest BCUT2D eigenvalue weighted by atomic mass is 9.78. The Morgan fingerprint density at radius 2 is 1.70 bits per heavy atom. The van der Waals surface area contributed by atoms with Crippen LogP contribution in [0.15, 0.2) is 60.7 Å². The zero-order valence-corrected chi connectivity index (χ0v) is 15.2. The molecule has 0 saturated carbocycles. The summed E-state index contributed by atoms with van der Waals surface area (Å²) in [5.74, 6) is -0.927. The fourth-order valence-electron chi connectivity index (χ4n) is 5.13. The first kappa shape index (κ1) is 17.7. The first-order valence-corrected chi connectivity index (χ1v) is 9.20. The molecule has 0 N–H and O–H groups in total. The largest absolute Gasteiger partial charge is 0.467 e. The first-order valence-electron chi connectivity index (χ1n) is 9.20. The third-order valence-electron chi connectivity index (χ3n) is 6.07. The molecule has 4 rings (SSSR count). The number of hydrogen-bond donors (Lipinski definition) is 0. The van der Waals surface area contributed by atoms with Gasteiger partial charge in [0.05, 0.1) is 13.0 Å². The van der Waals surface area contributed by atoms with Gasteiger partial charge in [0.1, 0.15) is 0 Å². The number of nitrogens with zero attached hydrogens (tertiary/aromatic N) is 2. The Bertz CT molecular complexity index is 842. The minimum atomic E-state index is -1.22. The number of ether oxygens (including phenoxy) is 1. The van der Waals surface area contributed by atoms with Gasteiger partial charge in [0.15, 0.2) is 5.54 Å². The maximum atomic E-state index is 12.9. The highest BCUT2D eigenvalue weighted by Gasteiger charge is 2.71. The van der Waals surface area contributed by atoms with Gasteiger partial charge in [-0.05, 0) is 24.0 Å². The molecule has 0 unspecified atom stereocenters. The van der Waals surface area contributed by atoms with E-state index in [2.05, 4.69) is 0 Å². The molecule has 2 aromatic carbocycles. The number of carbonyl (C=O) groups excluding carboxylic acids is 1. The van der Waals surface area contributed by atoms with Crippen molar-refractivity contribution < 1.29 is 14.5 Å². The van der Waals surface area contributed by atoms with Gasteiger partial charge >= 0.3 is 5.97 Å². The molecule has 27 heavy (non-hydrogen) atoms. The fourth-order valence-corrected chi connectivity index (χ4v) is 5.13. The summed E-state index contributed by atoms with van der Waals surface area (Å²) < 4.78 is 5.10. The van der Waals surface area contributed by atoms with E-state index in [0.29, 0.717) is 13.0 Å². The number of fused-ring (bicyclic) bond motifs is 1. The zero-order chi connectivity index (χ0) is 19.0. The van der Waals surface area contributed by atoms with Gasteiger partial charge in [-0.15, -0.1) is 0 Å². The van der Waals surface area contributed by atoms with Gasteiger partial charge in [0, 0.05) is 17.5 Å². The van der Waals surface area contributed by atoms with E-state index in [9.17, 15) is 14.9 Å². The Hall–Kier alpha value is -2.73. The van der Waals surface area contributed by atoms with Crippen LogP contribution in [0, 0.1) is 10.1 Å². The molecule has 2 heterocycles. The van der Waals surface area contributed by atoms with Crippen LogP contribution in [0.25, 0.3) is 0 Å². The Kier molecular flexibility index (Phi) is 4.44. The number of hydrogen-bond acceptors (Lipinski definition) is 5. The second-order valence-electron chi connectivity index (χ2n) is 7.23. The standard InChI is InChI=1S/C21H22N2O4/c1-27-20(24)21-13-8-14-22(21)18(16-11-6-3-7-12-16)17(19(21)23(25)26)15-9-4-2-5-10-15/h2-7,9-12,17-19H,8,13-14H2,1H3/t17-,18-,19+,21+/m1/s1. The van der Waals surface area contributed by atoms with Crippen molar-refractivity contribution in [2.24, 2.45) is 0 Å². The summed E-state index contributed by atoms with van der Waals surface area (Å²) in [6.07, 6.45) is 1.18. The highest BCUT2D eigenvalue weighted by molar-refractivity contribution is 5.83. The van der Waals surface area contributed by atoms with Crippen molar-refractivity contribution in [3.05, 3.63) is 81.9 Å². The summed E-state index contributed by atoms with van der Waals surface area (Å²) >= 11 is 0. The van der Waals surface area contributed by atoms with Crippen LogP contribution in [0.2, 0.25) is 0 Å². The second kappa shape index (κ2) is 6.78. The van der Waals surface area contributed by atoms with Gasteiger partial charge in [0.25, 0.3) is 6.04 Å². The molecule has 6 nitrogen and oxygen atoms in total. The molecule has 0 amide bonds. The Morgan fingerprint density at radius 1 is 1.11 bits per heavy atom. The average Bonchev–Trinajstić information content (AvgIpc) is 3.24. The summed E-state index contributed by atoms with van der Waals surface area (Å²) in [5, 5.41) is 12.3. The highest BCUT2D eigenvalue weighted by Crippen LogP contribution is 2.57. The average molecular weight is 366 g/mol. The topological polar surface area (TPSA) is 72.7 Å². The van der Waals surface area contributed by atoms with Crippen LogP contribution in [-0.4, -0.2) is 41.0 Å². The van der Waals surface area contributed by atoms with E-state index in [-0.39, 0.29) is 11.0 Å². The minimum absolute atomic E-state index is 0.245. The predicted octanol–water partition coefficient (Wildman–Crippen LogP) is 3.18. The summed E-state index contributed by atoms with van der Waals surface area (Å²) in [7, 11) is 1.32. The Morgan fingerprint density at radius 3 is 2.26 bits per heavy atom. The lowest BCUT2D eigenvalue weighted by molar-refractivity contribution is -0.533. The second-order valence-corrected chi connectivity index (χ2v) is 7.23. The van der Waals surface area contributed by atoms with Gasteiger partial charge < -0.3 is 4.74 Å². The van der Waals surface area contributed by atoms with E-state index in [4.69, 9.17) is 4.74 Å². The molecule has 0 radical (unpaired) electrons. The molecule has 0 aliphatic carbocycles. The maximum Gasteiger partial charge on any atom is 0.333 e. The van der Waals surface area contributed by atoms with Crippen molar-refractivity contribution in [3.63, 3.8) is 0 Å². The van der Waals surface area contributed by atoms with Crippen molar-refractivity contribution in [2.45, 2.75) is 36.4 Å². The lowest BCUT2D eigenvalue weighted by Gasteiger charge is -2.32. The molecule has 2 aliphatic heterocycles. The molecule has 2 saturated heterocycles. The van der Waals surface area contributed by atoms with E-state index >= 15 is 0 Å². The van der Waals surface area contributed by atoms with Gasteiger partial charge in [-0.1, -0.05) is 60.7 Å². The molecule has 2 aromatic rings. The van der Waals surface area contributed by atoms with Gasteiger partial charge in [-0.3, -0.25) is 15.0 Å². The molecular weight excluding hydrogens is 344 g/mol. The Balaban J connectivity index is 1.95. The zero-order valence-electron chi connectivity index (χ0n) is 15.2. The Labute approximate surface area is 157 Å². The number of methoxy groups -OCH3 is 1. The smallest absolute Gasteiger partial charge is 0.333 e. The summed E-state index contributed by atoms with van der Waals surface area (Å²) in [5.41, 5.74) is 0.649. The van der Waals surface area contributed by atoms with Crippen molar-refractivity contribution in [2.75, 3.05) is 13.7 Å². The number of carbonyl (C=O) groups is 1. The van der Waals surface area contributed by atoms with Crippen LogP contribution in [0.1, 0.15) is 35.9 Å². The van der Waals surface area contributed by atoms with Gasteiger partial charge in [0.2, 0.25) is 0 Å². The molecule has 2 aliphatic rings. The summed E-state index contributed by atoms with van der Waals surface area (Å²) in [6.45, 7) is 0.641. The summed E-state index contributed by atoms with van der Waals surface area (Å²) in [6, 6.07) is 18.0. The monoisotopic (exact) mass is 366 g/mol. The SMILES string of the molecule is COC(=O)[C@@]12CCCN1[C@H](c1ccccc1)[C@@H](c1ccccc1)[C@@H]2[N+](=O)[O-]. The lowest BCUT2D eigenvalue weighted by Crippen LogP contribution is -2.56. The van der Waals surface area contributed by atoms with Crippen LogP contribution < -0.4 is 0 Å². The van der Waals surface area contributed by atoms with E-state index in [1.807, 2.05) is 65.6 Å². The molecule has 6 heteroatoms. The van der Waals surface area contributed by atoms with Crippen LogP contribution >= 0.6 is 0 Å². The number of benzene rings is 2. The van der Waals surface area contributed by atoms with E-state index in [1.54, 1.807) is 0 Å². The minimum Gasteiger partial charge on any atom is -0.467 e. The molecule has 0 aromatic heterocycles. The van der Waals surface area contributed by atoms with Gasteiger partial charge in [-0.2, -0.15) is 0 Å². The van der Waals surface area contributed by atoms with Crippen molar-refractivity contribution in [1.82, 2.24) is 4.90 Å². The number of rotatable bonds is 4. The molecule has 4 atom stereocenters. The predicted molar refractivity (Wildman–Crippen MR) is 99.8 cm³/mol. The van der Waals surface area contributed by atoms with Gasteiger partial charge in [-0.25, -0.2) is 4.79 Å². The third kappa shape index (κ3) is 2.55. The van der Waals surface area contributed by atoms with Crippen LogP contribution in [0.3, 0.4) is 0 Å². The van der Waals surface area contributed by atoms with Crippen molar-refractivity contribution in [3.8, 4) is 0 Å². The third-order valence-corrected chi connectivity index (χ3v) is 6.07. The van der Waals surface area contributed by atoms with Crippen LogP contribution in [-0.2, 0) is 9.53 Å². The maximum absolute atomic E-state index is 12.9. The molecular formula is C21H22N2O4. The molecule has 140 valence electrons. The fraction of sp³-hybridized carbons (Fsp3) is 0.381. The van der Waals surface area contributed by atoms with Crippen molar-refractivity contribution >= 4 is 5.97 Å². The highest BCUT2D eigenvalue weighted by atomic mass is 16.6. The molecule has 0 bridgehead atoms. The van der Waals surface area contributed by atoms with Crippen molar-refractivity contribution in [1.29, 1.82) is 0 Å². The normalized spacial score (nSPS) is 30.0. The van der Waals surface area contributed by atoms with E-state index in [1.165, 1.54) is 7.11 Å². The van der Waals surface area contributed by atoms with Crippen LogP contribution in [0.4, 0.5) is 0 Å². The first-order chi connectivity index (χ1) is 13.1. The van der Waals surface area contributed by atoms with E-state index in [0.717, 1.165) is 17.5 Å². The number of esters is 1.